The van der Waals surface area contributed by atoms with E-state index in [0.29, 0.717) is 0 Å². The Kier molecular flexibility index (Phi) is 4.87. The molecule has 0 atom stereocenters. The third-order valence-electron chi connectivity index (χ3n) is 1.81. The van der Waals surface area contributed by atoms with Crippen molar-refractivity contribution in [1.82, 2.24) is 10.3 Å². The van der Waals surface area contributed by atoms with Crippen LogP contribution in [0.4, 0.5) is 5.69 Å². The topological polar surface area (TPSA) is 127 Å². The van der Waals surface area contributed by atoms with Crippen molar-refractivity contribution < 1.29 is 13.3 Å². The number of nitrogens with zero attached hydrogens (tertiary/aromatic N) is 1. The number of nitrogens with two attached hydrogens (primary N) is 1. The summed E-state index contributed by atoms with van der Waals surface area (Å²) in [6.07, 6.45) is 0. The van der Waals surface area contributed by atoms with Crippen LogP contribution in [0.1, 0.15) is 0 Å². The van der Waals surface area contributed by atoms with E-state index in [9.17, 15) is 18.5 Å². The zero-order chi connectivity index (χ0) is 14.8. The first-order valence-corrected chi connectivity index (χ1v) is 7.01. The van der Waals surface area contributed by atoms with Crippen molar-refractivity contribution in [3.05, 3.63) is 32.3 Å². The SMILES string of the molecule is NC(=S)NNS(=O)(=O)c1ccc(Cl)c([N+](=O)[O-])c1Cl. The van der Waals surface area contributed by atoms with Crippen molar-refractivity contribution in [2.75, 3.05) is 0 Å². The molecule has 1 rings (SSSR count). The first-order chi connectivity index (χ1) is 8.66. The molecule has 0 unspecified atom stereocenters. The molecule has 12 heteroatoms. The minimum Gasteiger partial charge on any atom is -0.375 e. The van der Waals surface area contributed by atoms with Gasteiger partial charge in [0.15, 0.2) is 5.11 Å². The second kappa shape index (κ2) is 5.84. The molecule has 4 N–H and O–H groups in total. The lowest BCUT2D eigenvalue weighted by Crippen LogP contribution is -2.44. The van der Waals surface area contributed by atoms with Crippen molar-refractivity contribution in [3.63, 3.8) is 0 Å². The highest BCUT2D eigenvalue weighted by molar-refractivity contribution is 7.89. The van der Waals surface area contributed by atoms with E-state index in [4.69, 9.17) is 28.9 Å². The predicted octanol–water partition coefficient (Wildman–Crippen LogP) is 0.928. The van der Waals surface area contributed by atoms with Gasteiger partial charge in [0.1, 0.15) is 14.9 Å². The van der Waals surface area contributed by atoms with Crippen molar-refractivity contribution in [1.29, 1.82) is 0 Å². The number of benzene rings is 1. The number of halogens is 2. The van der Waals surface area contributed by atoms with Crippen LogP contribution in [0.2, 0.25) is 10.0 Å². The summed E-state index contributed by atoms with van der Waals surface area (Å²) < 4.78 is 23.6. The maximum absolute atomic E-state index is 11.8. The molecular weight excluding hydrogens is 339 g/mol. The van der Waals surface area contributed by atoms with E-state index >= 15 is 0 Å². The molecular formula is C7H6Cl2N4O4S2. The van der Waals surface area contributed by atoms with Crippen LogP contribution in [0, 0.1) is 10.1 Å². The van der Waals surface area contributed by atoms with E-state index in [1.807, 2.05) is 10.3 Å². The molecule has 1 aromatic rings. The fraction of sp³-hybridized carbons (Fsp3) is 0. The quantitative estimate of drug-likeness (QED) is 0.421. The van der Waals surface area contributed by atoms with Crippen molar-refractivity contribution in [3.8, 4) is 0 Å². The Morgan fingerprint density at radius 2 is 2.00 bits per heavy atom. The van der Waals surface area contributed by atoms with Crippen LogP contribution in [-0.4, -0.2) is 18.5 Å². The molecule has 0 spiro atoms. The third-order valence-corrected chi connectivity index (χ3v) is 4.00. The molecule has 0 fully saturated rings. The van der Waals surface area contributed by atoms with Crippen LogP contribution in [0.15, 0.2) is 17.0 Å². The normalized spacial score (nSPS) is 11.1. The Bertz CT molecular complexity index is 649. The monoisotopic (exact) mass is 344 g/mol. The van der Waals surface area contributed by atoms with Gasteiger partial charge in [0.25, 0.3) is 10.0 Å². The first kappa shape index (κ1) is 15.9. The maximum atomic E-state index is 11.8. The van der Waals surface area contributed by atoms with Crippen LogP contribution in [-0.2, 0) is 10.0 Å². The third kappa shape index (κ3) is 3.64. The minimum absolute atomic E-state index is 0.281. The minimum atomic E-state index is -4.18. The summed E-state index contributed by atoms with van der Waals surface area (Å²) in [6, 6.07) is 2.06. The van der Waals surface area contributed by atoms with Gasteiger partial charge in [-0.1, -0.05) is 23.2 Å². The number of nitro groups is 1. The number of thiocarbonyl (C=S) groups is 1. The highest BCUT2D eigenvalue weighted by Crippen LogP contribution is 2.36. The fourth-order valence-electron chi connectivity index (χ4n) is 1.07. The summed E-state index contributed by atoms with van der Waals surface area (Å²) in [4.78, 5) is 11.1. The van der Waals surface area contributed by atoms with E-state index in [0.717, 1.165) is 12.1 Å². The van der Waals surface area contributed by atoms with E-state index in [1.54, 1.807) is 0 Å². The summed E-state index contributed by atoms with van der Waals surface area (Å²) >= 11 is 15.7. The Balaban J connectivity index is 3.33. The van der Waals surface area contributed by atoms with Gasteiger partial charge in [0, 0.05) is 0 Å². The van der Waals surface area contributed by atoms with Gasteiger partial charge in [-0.3, -0.25) is 15.5 Å². The van der Waals surface area contributed by atoms with Crippen molar-refractivity contribution in [2.24, 2.45) is 5.73 Å². The van der Waals surface area contributed by atoms with Crippen LogP contribution in [0.3, 0.4) is 0 Å². The fourth-order valence-corrected chi connectivity index (χ4v) is 2.93. The zero-order valence-corrected chi connectivity index (χ0v) is 12.0. The maximum Gasteiger partial charge on any atom is 0.307 e. The molecule has 1 aromatic carbocycles. The Hall–Kier alpha value is -1.20. The van der Waals surface area contributed by atoms with E-state index in [2.05, 4.69) is 12.2 Å². The van der Waals surface area contributed by atoms with Crippen LogP contribution >= 0.6 is 35.4 Å². The van der Waals surface area contributed by atoms with Crippen LogP contribution in [0.5, 0.6) is 0 Å². The number of rotatable bonds is 4. The number of hydrogen-bond donors (Lipinski definition) is 3. The molecule has 0 bridgehead atoms. The van der Waals surface area contributed by atoms with Gasteiger partial charge in [0.2, 0.25) is 0 Å². The van der Waals surface area contributed by atoms with Gasteiger partial charge in [-0.05, 0) is 24.4 Å². The number of hydrazine groups is 1. The number of sulfonamides is 1. The predicted molar refractivity (Wildman–Crippen MR) is 73.4 cm³/mol. The van der Waals surface area contributed by atoms with Gasteiger partial charge in [-0.25, -0.2) is 8.42 Å². The van der Waals surface area contributed by atoms with Gasteiger partial charge in [0.05, 0.1) is 4.92 Å². The lowest BCUT2D eigenvalue weighted by atomic mass is 10.3. The smallest absolute Gasteiger partial charge is 0.307 e. The molecule has 0 saturated heterocycles. The summed E-state index contributed by atoms with van der Waals surface area (Å²) in [5.41, 5.74) is 6.33. The highest BCUT2D eigenvalue weighted by atomic mass is 35.5. The van der Waals surface area contributed by atoms with Crippen LogP contribution in [0.25, 0.3) is 0 Å². The second-order valence-corrected chi connectivity index (χ2v) is 5.94. The number of hydrogen-bond acceptors (Lipinski definition) is 5. The lowest BCUT2D eigenvalue weighted by Gasteiger charge is -2.09. The molecule has 0 heterocycles. The largest absolute Gasteiger partial charge is 0.375 e. The van der Waals surface area contributed by atoms with Gasteiger partial charge >= 0.3 is 5.69 Å². The average molecular weight is 345 g/mol. The average Bonchev–Trinajstić information content (AvgIpc) is 2.25. The lowest BCUT2D eigenvalue weighted by molar-refractivity contribution is -0.384. The molecule has 0 amide bonds. The van der Waals surface area contributed by atoms with Gasteiger partial charge < -0.3 is 5.73 Å². The Morgan fingerprint density at radius 3 is 2.47 bits per heavy atom. The second-order valence-electron chi connectivity index (χ2n) is 3.06. The molecule has 0 aliphatic carbocycles. The molecule has 0 aromatic heterocycles. The summed E-state index contributed by atoms with van der Waals surface area (Å²) in [5.74, 6) is 0. The summed E-state index contributed by atoms with van der Waals surface area (Å²) in [6.45, 7) is 0. The Labute approximate surface area is 123 Å². The molecule has 19 heavy (non-hydrogen) atoms. The van der Waals surface area contributed by atoms with Gasteiger partial charge in [-0.15, -0.1) is 4.83 Å². The zero-order valence-electron chi connectivity index (χ0n) is 8.88. The van der Waals surface area contributed by atoms with Crippen molar-refractivity contribution >= 4 is 56.2 Å². The van der Waals surface area contributed by atoms with Crippen molar-refractivity contribution in [2.45, 2.75) is 4.90 Å². The summed E-state index contributed by atoms with van der Waals surface area (Å²) in [5, 5.41) is 9.53. The standard InChI is InChI=1S/C7H6Cl2N4O4S2/c8-3-1-2-4(5(9)6(3)13(14)15)19(16,17)12-11-7(10)18/h1-2,12H,(H3,10,11,18). The van der Waals surface area contributed by atoms with E-state index in [-0.39, 0.29) is 10.1 Å². The van der Waals surface area contributed by atoms with E-state index in [1.165, 1.54) is 0 Å². The highest BCUT2D eigenvalue weighted by Gasteiger charge is 2.27. The molecule has 104 valence electrons. The molecule has 0 aliphatic heterocycles. The molecule has 0 saturated carbocycles. The molecule has 0 aliphatic rings. The van der Waals surface area contributed by atoms with Crippen LogP contribution < -0.4 is 16.0 Å². The number of nitrogens with one attached hydrogen (secondary N) is 2. The molecule has 0 radical (unpaired) electrons. The molecule has 8 nitrogen and oxygen atoms in total. The van der Waals surface area contributed by atoms with E-state index < -0.39 is 30.6 Å². The first-order valence-electron chi connectivity index (χ1n) is 4.36. The Morgan fingerprint density at radius 1 is 1.42 bits per heavy atom. The van der Waals surface area contributed by atoms with Gasteiger partial charge in [-0.2, -0.15) is 0 Å². The number of nitro benzene ring substituents is 1. The summed E-state index contributed by atoms with van der Waals surface area (Å²) in [7, 11) is -4.18.